The topological polar surface area (TPSA) is 65.5 Å². The fraction of sp³-hybridized carbons (Fsp3) is 0.300. The molecule has 0 aliphatic heterocycles. The standard InChI is InChI=1S/C10H13NO3/c1-6(5-11)9-4-8(7(2)14-9)10(12)13-3/h4H,1,5,11H2,2-3H3. The van der Waals surface area contributed by atoms with Crippen molar-refractivity contribution in [2.45, 2.75) is 6.92 Å². The summed E-state index contributed by atoms with van der Waals surface area (Å²) in [6.45, 7) is 5.71. The van der Waals surface area contributed by atoms with E-state index in [0.29, 0.717) is 29.2 Å². The maximum atomic E-state index is 11.2. The van der Waals surface area contributed by atoms with Crippen LogP contribution in [0.5, 0.6) is 0 Å². The quantitative estimate of drug-likeness (QED) is 0.739. The molecule has 76 valence electrons. The molecule has 0 unspecified atom stereocenters. The third kappa shape index (κ3) is 1.85. The minimum absolute atomic E-state index is 0.299. The zero-order valence-corrected chi connectivity index (χ0v) is 8.29. The molecule has 0 radical (unpaired) electrons. The van der Waals surface area contributed by atoms with Gasteiger partial charge in [-0.05, 0) is 13.0 Å². The molecular formula is C10H13NO3. The average molecular weight is 195 g/mol. The first-order chi connectivity index (χ1) is 6.60. The Morgan fingerprint density at radius 2 is 2.36 bits per heavy atom. The molecule has 14 heavy (non-hydrogen) atoms. The summed E-state index contributed by atoms with van der Waals surface area (Å²) >= 11 is 0. The van der Waals surface area contributed by atoms with E-state index in [1.54, 1.807) is 13.0 Å². The van der Waals surface area contributed by atoms with Crippen LogP contribution in [0, 0.1) is 6.92 Å². The number of hydrogen-bond acceptors (Lipinski definition) is 4. The lowest BCUT2D eigenvalue weighted by atomic mass is 10.2. The Bertz CT molecular complexity index is 365. The number of furan rings is 1. The Kier molecular flexibility index (Phi) is 3.09. The number of carbonyl (C=O) groups is 1. The number of ether oxygens (including phenoxy) is 1. The minimum atomic E-state index is -0.415. The van der Waals surface area contributed by atoms with Gasteiger partial charge < -0.3 is 14.9 Å². The fourth-order valence-corrected chi connectivity index (χ4v) is 1.07. The number of esters is 1. The summed E-state index contributed by atoms with van der Waals surface area (Å²) in [5.74, 6) is 0.633. The van der Waals surface area contributed by atoms with Gasteiger partial charge in [0.05, 0.1) is 7.11 Å². The van der Waals surface area contributed by atoms with Gasteiger partial charge in [0.15, 0.2) is 0 Å². The van der Waals surface area contributed by atoms with Crippen molar-refractivity contribution >= 4 is 11.5 Å². The SMILES string of the molecule is C=C(CN)c1cc(C(=O)OC)c(C)o1. The first kappa shape index (κ1) is 10.5. The summed E-state index contributed by atoms with van der Waals surface area (Å²) in [5.41, 5.74) is 6.47. The van der Waals surface area contributed by atoms with E-state index in [2.05, 4.69) is 11.3 Å². The van der Waals surface area contributed by atoms with Gasteiger partial charge in [-0.1, -0.05) is 6.58 Å². The van der Waals surface area contributed by atoms with E-state index in [4.69, 9.17) is 10.2 Å². The molecular weight excluding hydrogens is 182 g/mol. The largest absolute Gasteiger partial charge is 0.465 e. The zero-order valence-electron chi connectivity index (χ0n) is 8.29. The van der Waals surface area contributed by atoms with E-state index in [1.807, 2.05) is 0 Å². The van der Waals surface area contributed by atoms with Gasteiger partial charge in [-0.15, -0.1) is 0 Å². The third-order valence-electron chi connectivity index (χ3n) is 1.92. The molecule has 1 aromatic rings. The van der Waals surface area contributed by atoms with Crippen LogP contribution in [0.3, 0.4) is 0 Å². The number of hydrogen-bond donors (Lipinski definition) is 1. The lowest BCUT2D eigenvalue weighted by molar-refractivity contribution is 0.0599. The molecule has 1 rings (SSSR count). The number of aryl methyl sites for hydroxylation is 1. The second-order valence-electron chi connectivity index (χ2n) is 2.88. The summed E-state index contributed by atoms with van der Waals surface area (Å²) in [7, 11) is 1.33. The number of nitrogens with two attached hydrogens (primary N) is 1. The Balaban J connectivity index is 3.05. The highest BCUT2D eigenvalue weighted by Crippen LogP contribution is 2.20. The molecule has 0 atom stereocenters. The van der Waals surface area contributed by atoms with Crippen molar-refractivity contribution < 1.29 is 13.9 Å². The van der Waals surface area contributed by atoms with Crippen molar-refractivity contribution in [2.75, 3.05) is 13.7 Å². The molecule has 4 heteroatoms. The van der Waals surface area contributed by atoms with Gasteiger partial charge in [-0.25, -0.2) is 4.79 Å². The van der Waals surface area contributed by atoms with Crippen LogP contribution in [0.15, 0.2) is 17.1 Å². The van der Waals surface area contributed by atoms with Gasteiger partial charge in [0, 0.05) is 12.1 Å². The van der Waals surface area contributed by atoms with Crippen molar-refractivity contribution in [2.24, 2.45) is 5.73 Å². The van der Waals surface area contributed by atoms with Crippen molar-refractivity contribution in [1.29, 1.82) is 0 Å². The summed E-state index contributed by atoms with van der Waals surface area (Å²) in [4.78, 5) is 11.2. The lowest BCUT2D eigenvalue weighted by Gasteiger charge is -1.94. The van der Waals surface area contributed by atoms with Gasteiger partial charge in [0.2, 0.25) is 0 Å². The summed E-state index contributed by atoms with van der Waals surface area (Å²) in [5, 5.41) is 0. The van der Waals surface area contributed by atoms with Gasteiger partial charge >= 0.3 is 5.97 Å². The minimum Gasteiger partial charge on any atom is -0.465 e. The molecule has 0 amide bonds. The van der Waals surface area contributed by atoms with Crippen molar-refractivity contribution in [1.82, 2.24) is 0 Å². The first-order valence-electron chi connectivity index (χ1n) is 4.17. The van der Waals surface area contributed by atoms with E-state index in [9.17, 15) is 4.79 Å². The molecule has 0 fully saturated rings. The Labute approximate surface area is 82.3 Å². The summed E-state index contributed by atoms with van der Waals surface area (Å²) in [6.07, 6.45) is 0. The second-order valence-corrected chi connectivity index (χ2v) is 2.88. The Morgan fingerprint density at radius 3 is 2.86 bits per heavy atom. The zero-order chi connectivity index (χ0) is 10.7. The Morgan fingerprint density at radius 1 is 1.71 bits per heavy atom. The van der Waals surface area contributed by atoms with Crippen molar-refractivity contribution in [3.63, 3.8) is 0 Å². The highest BCUT2D eigenvalue weighted by Gasteiger charge is 2.15. The van der Waals surface area contributed by atoms with Gasteiger partial charge in [-0.2, -0.15) is 0 Å². The predicted octanol–water partition coefficient (Wildman–Crippen LogP) is 1.35. The van der Waals surface area contributed by atoms with Crippen LogP contribution >= 0.6 is 0 Å². The van der Waals surface area contributed by atoms with E-state index in [-0.39, 0.29) is 0 Å². The monoisotopic (exact) mass is 195 g/mol. The molecule has 0 aliphatic rings. The molecule has 0 spiro atoms. The van der Waals surface area contributed by atoms with Crippen molar-refractivity contribution in [3.8, 4) is 0 Å². The highest BCUT2D eigenvalue weighted by molar-refractivity contribution is 5.91. The fourth-order valence-electron chi connectivity index (χ4n) is 1.07. The van der Waals surface area contributed by atoms with E-state index < -0.39 is 5.97 Å². The van der Waals surface area contributed by atoms with Crippen LogP contribution in [-0.2, 0) is 4.74 Å². The van der Waals surface area contributed by atoms with Crippen LogP contribution in [0.2, 0.25) is 0 Å². The number of rotatable bonds is 3. The summed E-state index contributed by atoms with van der Waals surface area (Å²) < 4.78 is 9.89. The average Bonchev–Trinajstić information content (AvgIpc) is 2.58. The number of carbonyl (C=O) groups excluding carboxylic acids is 1. The van der Waals surface area contributed by atoms with E-state index >= 15 is 0 Å². The third-order valence-corrected chi connectivity index (χ3v) is 1.92. The molecule has 0 aromatic carbocycles. The maximum Gasteiger partial charge on any atom is 0.341 e. The number of methoxy groups -OCH3 is 1. The first-order valence-corrected chi connectivity index (χ1v) is 4.17. The highest BCUT2D eigenvalue weighted by atomic mass is 16.5. The molecule has 1 aromatic heterocycles. The van der Waals surface area contributed by atoms with Crippen LogP contribution in [0.1, 0.15) is 21.9 Å². The van der Waals surface area contributed by atoms with Crippen molar-refractivity contribution in [3.05, 3.63) is 29.7 Å². The molecule has 4 nitrogen and oxygen atoms in total. The molecule has 2 N–H and O–H groups in total. The van der Waals surface area contributed by atoms with Crippen LogP contribution in [0.25, 0.3) is 5.57 Å². The molecule has 0 bridgehead atoms. The Hall–Kier alpha value is -1.55. The molecule has 0 saturated heterocycles. The lowest BCUT2D eigenvalue weighted by Crippen LogP contribution is -2.01. The summed E-state index contributed by atoms with van der Waals surface area (Å²) in [6, 6.07) is 1.59. The normalized spacial score (nSPS) is 9.93. The van der Waals surface area contributed by atoms with E-state index in [0.717, 1.165) is 0 Å². The molecule has 0 aliphatic carbocycles. The second kappa shape index (κ2) is 4.11. The van der Waals surface area contributed by atoms with Gasteiger partial charge in [-0.3, -0.25) is 0 Å². The van der Waals surface area contributed by atoms with Crippen LogP contribution < -0.4 is 5.73 Å². The van der Waals surface area contributed by atoms with E-state index in [1.165, 1.54) is 7.11 Å². The van der Waals surface area contributed by atoms with Gasteiger partial charge in [0.25, 0.3) is 0 Å². The van der Waals surface area contributed by atoms with Gasteiger partial charge in [0.1, 0.15) is 17.1 Å². The smallest absolute Gasteiger partial charge is 0.341 e. The van der Waals surface area contributed by atoms with Crippen LogP contribution in [0.4, 0.5) is 0 Å². The predicted molar refractivity (Wildman–Crippen MR) is 52.9 cm³/mol. The molecule has 1 heterocycles. The maximum absolute atomic E-state index is 11.2. The van der Waals surface area contributed by atoms with Crippen LogP contribution in [-0.4, -0.2) is 19.6 Å². The molecule has 0 saturated carbocycles.